The average molecular weight is 487 g/mol. The van der Waals surface area contributed by atoms with Crippen LogP contribution in [0.2, 0.25) is 5.15 Å². The van der Waals surface area contributed by atoms with Crippen LogP contribution >= 0.6 is 23.4 Å². The summed E-state index contributed by atoms with van der Waals surface area (Å²) in [4.78, 5) is 29.1. The molecule has 1 atom stereocenters. The van der Waals surface area contributed by atoms with Gasteiger partial charge in [-0.3, -0.25) is 4.79 Å². The second kappa shape index (κ2) is 8.16. The maximum atomic E-state index is 14.7. The first kappa shape index (κ1) is 21.4. The monoisotopic (exact) mass is 486 g/mol. The molecule has 5 rings (SSSR count). The van der Waals surface area contributed by atoms with Gasteiger partial charge in [-0.15, -0.1) is 0 Å². The molecule has 0 aliphatic carbocycles. The Labute approximate surface area is 196 Å². The smallest absolute Gasteiger partial charge is 0.275 e. The number of aliphatic imine (C=N–C) groups is 1. The lowest BCUT2D eigenvalue weighted by atomic mass is 9.78. The van der Waals surface area contributed by atoms with Crippen LogP contribution in [-0.2, 0) is 5.54 Å². The number of ether oxygens (including phenoxy) is 2. The van der Waals surface area contributed by atoms with Crippen LogP contribution in [0.5, 0.6) is 17.4 Å². The van der Waals surface area contributed by atoms with Gasteiger partial charge < -0.3 is 20.5 Å². The van der Waals surface area contributed by atoms with Gasteiger partial charge in [0.25, 0.3) is 11.9 Å². The standard InChI is InChI=1S/C21H16ClFN6O3S/c1-31-16-9-25-13(8-26-16)19(30)27-10-2-3-14-11(6-10)21(4-5-33-20(24)29-21)12-7-15(22)28-18(23)17(12)32-14/h2-3,6-9H,4-5H2,1H3,(H2,24,29)(H,27,30)/t21-/m0/s1. The van der Waals surface area contributed by atoms with Crippen LogP contribution in [-0.4, -0.2) is 38.9 Å². The number of carbonyl (C=O) groups is 1. The van der Waals surface area contributed by atoms with Crippen molar-refractivity contribution >= 4 is 40.1 Å². The molecule has 2 aromatic heterocycles. The Hall–Kier alpha value is -3.44. The van der Waals surface area contributed by atoms with Gasteiger partial charge in [-0.1, -0.05) is 23.4 Å². The molecule has 4 heterocycles. The Morgan fingerprint density at radius 1 is 1.30 bits per heavy atom. The molecule has 1 aromatic carbocycles. The number of rotatable bonds is 3. The number of aromatic nitrogens is 3. The van der Waals surface area contributed by atoms with E-state index in [0.717, 1.165) is 0 Å². The highest BCUT2D eigenvalue weighted by atomic mass is 35.5. The second-order valence-corrected chi connectivity index (χ2v) is 8.73. The molecule has 33 heavy (non-hydrogen) atoms. The highest BCUT2D eigenvalue weighted by Crippen LogP contribution is 2.54. The molecule has 0 saturated carbocycles. The molecule has 3 N–H and O–H groups in total. The summed E-state index contributed by atoms with van der Waals surface area (Å²) in [7, 11) is 1.46. The van der Waals surface area contributed by atoms with E-state index in [-0.39, 0.29) is 16.6 Å². The number of pyridine rings is 1. The summed E-state index contributed by atoms with van der Waals surface area (Å²) in [5, 5.41) is 3.13. The normalized spacial score (nSPS) is 18.6. The van der Waals surface area contributed by atoms with Crippen LogP contribution in [0.25, 0.3) is 0 Å². The molecule has 0 unspecified atom stereocenters. The topological polar surface area (TPSA) is 125 Å². The van der Waals surface area contributed by atoms with Crippen molar-refractivity contribution in [3.8, 4) is 17.4 Å². The number of nitrogens with two attached hydrogens (primary N) is 1. The lowest BCUT2D eigenvalue weighted by molar-refractivity contribution is 0.102. The number of nitrogens with zero attached hydrogens (tertiary/aromatic N) is 4. The molecular formula is C21H16ClFN6O3S. The van der Waals surface area contributed by atoms with Crippen LogP contribution in [0.15, 0.2) is 41.7 Å². The van der Waals surface area contributed by atoms with Gasteiger partial charge in [0.1, 0.15) is 22.1 Å². The van der Waals surface area contributed by atoms with Gasteiger partial charge >= 0.3 is 0 Å². The molecule has 1 spiro atoms. The van der Waals surface area contributed by atoms with Crippen molar-refractivity contribution in [2.75, 3.05) is 18.2 Å². The second-order valence-electron chi connectivity index (χ2n) is 7.23. The predicted molar refractivity (Wildman–Crippen MR) is 122 cm³/mol. The van der Waals surface area contributed by atoms with E-state index in [4.69, 9.17) is 31.8 Å². The fourth-order valence-corrected chi connectivity index (χ4v) is 4.87. The Bertz CT molecular complexity index is 1310. The fourth-order valence-electron chi connectivity index (χ4n) is 3.86. The van der Waals surface area contributed by atoms with Crippen LogP contribution in [0.1, 0.15) is 28.0 Å². The number of thioether (sulfide) groups is 1. The molecule has 12 heteroatoms. The minimum absolute atomic E-state index is 0.0211. The van der Waals surface area contributed by atoms with Crippen LogP contribution in [0.4, 0.5) is 10.1 Å². The van der Waals surface area contributed by atoms with Crippen molar-refractivity contribution < 1.29 is 18.7 Å². The molecule has 0 saturated heterocycles. The fraction of sp³-hybridized carbons (Fsp3) is 0.190. The zero-order chi connectivity index (χ0) is 23.2. The number of carbonyl (C=O) groups excluding carboxylic acids is 1. The van der Waals surface area contributed by atoms with Gasteiger partial charge in [0.2, 0.25) is 5.88 Å². The van der Waals surface area contributed by atoms with Crippen molar-refractivity contribution in [3.63, 3.8) is 0 Å². The number of amidine groups is 1. The molecule has 1 amide bonds. The Morgan fingerprint density at radius 3 is 2.88 bits per heavy atom. The molecule has 0 bridgehead atoms. The summed E-state index contributed by atoms with van der Waals surface area (Å²) < 4.78 is 25.5. The number of methoxy groups -OCH3 is 1. The number of anilines is 1. The lowest BCUT2D eigenvalue weighted by Crippen LogP contribution is -2.36. The van der Waals surface area contributed by atoms with Crippen molar-refractivity contribution in [1.29, 1.82) is 0 Å². The third-order valence-corrected chi connectivity index (χ3v) is 6.31. The molecule has 9 nitrogen and oxygen atoms in total. The van der Waals surface area contributed by atoms with E-state index in [1.165, 1.54) is 37.3 Å². The Kier molecular flexibility index (Phi) is 5.29. The van der Waals surface area contributed by atoms with Crippen LogP contribution < -0.4 is 20.5 Å². The summed E-state index contributed by atoms with van der Waals surface area (Å²) in [6, 6.07) is 6.54. The van der Waals surface area contributed by atoms with Crippen molar-refractivity contribution in [3.05, 3.63) is 64.6 Å². The number of nitrogens with one attached hydrogen (secondary N) is 1. The summed E-state index contributed by atoms with van der Waals surface area (Å²) >= 11 is 7.47. The highest BCUT2D eigenvalue weighted by Gasteiger charge is 2.45. The largest absolute Gasteiger partial charge is 0.480 e. The van der Waals surface area contributed by atoms with E-state index in [1.54, 1.807) is 18.2 Å². The minimum atomic E-state index is -1.04. The van der Waals surface area contributed by atoms with Gasteiger partial charge in [-0.05, 0) is 30.7 Å². The maximum absolute atomic E-state index is 14.7. The number of benzene rings is 1. The number of halogens is 2. The zero-order valence-electron chi connectivity index (χ0n) is 17.1. The summed E-state index contributed by atoms with van der Waals surface area (Å²) in [6.07, 6.45) is 3.18. The predicted octanol–water partition coefficient (Wildman–Crippen LogP) is 3.73. The van der Waals surface area contributed by atoms with E-state index < -0.39 is 17.4 Å². The number of hydrogen-bond donors (Lipinski definition) is 2. The summed E-state index contributed by atoms with van der Waals surface area (Å²) in [6.45, 7) is 0. The van der Waals surface area contributed by atoms with Gasteiger partial charge in [0, 0.05) is 22.6 Å². The SMILES string of the molecule is COc1cnc(C(=O)Nc2ccc3c(c2)[C@@]2(CCSC(N)=N2)c2cc(Cl)nc(F)c2O3)cn1. The van der Waals surface area contributed by atoms with E-state index in [2.05, 4.69) is 20.3 Å². The lowest BCUT2D eigenvalue weighted by Gasteiger charge is -2.39. The van der Waals surface area contributed by atoms with E-state index in [1.807, 2.05) is 0 Å². The van der Waals surface area contributed by atoms with Gasteiger partial charge in [-0.2, -0.15) is 4.39 Å². The third-order valence-electron chi connectivity index (χ3n) is 5.33. The van der Waals surface area contributed by atoms with Crippen molar-refractivity contribution in [2.24, 2.45) is 10.7 Å². The van der Waals surface area contributed by atoms with Crippen LogP contribution in [0, 0.1) is 5.95 Å². The van der Waals surface area contributed by atoms with Crippen LogP contribution in [0.3, 0.4) is 0 Å². The first-order valence-electron chi connectivity index (χ1n) is 9.74. The first-order valence-corrected chi connectivity index (χ1v) is 11.1. The molecule has 3 aromatic rings. The molecule has 0 radical (unpaired) electrons. The minimum Gasteiger partial charge on any atom is -0.480 e. The molecule has 2 aliphatic rings. The summed E-state index contributed by atoms with van der Waals surface area (Å²) in [5.74, 6) is -0.00364. The van der Waals surface area contributed by atoms with Gasteiger partial charge in [-0.25, -0.2) is 19.9 Å². The number of hydrogen-bond acceptors (Lipinski definition) is 9. The molecule has 168 valence electrons. The van der Waals surface area contributed by atoms with Gasteiger partial charge in [0.05, 0.1) is 19.5 Å². The Morgan fingerprint density at radius 2 is 2.15 bits per heavy atom. The molecule has 2 aliphatic heterocycles. The zero-order valence-corrected chi connectivity index (χ0v) is 18.7. The Balaban J connectivity index is 1.57. The first-order chi connectivity index (χ1) is 15.9. The third kappa shape index (κ3) is 3.72. The number of fused-ring (bicyclic) bond motifs is 4. The van der Waals surface area contributed by atoms with E-state index >= 15 is 0 Å². The quantitative estimate of drug-likeness (QED) is 0.536. The van der Waals surface area contributed by atoms with Crippen molar-refractivity contribution in [2.45, 2.75) is 12.0 Å². The molecule has 0 fully saturated rings. The number of amides is 1. The average Bonchev–Trinajstić information content (AvgIpc) is 2.80. The van der Waals surface area contributed by atoms with Crippen molar-refractivity contribution in [1.82, 2.24) is 15.0 Å². The molecular weight excluding hydrogens is 471 g/mol. The summed E-state index contributed by atoms with van der Waals surface area (Å²) in [5.41, 5.74) is 6.68. The van der Waals surface area contributed by atoms with E-state index in [0.29, 0.717) is 45.8 Å². The maximum Gasteiger partial charge on any atom is 0.275 e. The van der Waals surface area contributed by atoms with Gasteiger partial charge in [0.15, 0.2) is 10.9 Å². The highest BCUT2D eigenvalue weighted by molar-refractivity contribution is 8.13. The van der Waals surface area contributed by atoms with E-state index in [9.17, 15) is 9.18 Å².